The van der Waals surface area contributed by atoms with Crippen LogP contribution in [0.25, 0.3) is 44.2 Å². The highest BCUT2D eigenvalue weighted by Gasteiger charge is 2.48. The molecule has 1 saturated carbocycles. The van der Waals surface area contributed by atoms with Crippen molar-refractivity contribution in [1.82, 2.24) is 40.4 Å². The molecule has 4 amide bonds. The highest BCUT2D eigenvalue weighted by atomic mass is 16.5. The van der Waals surface area contributed by atoms with Gasteiger partial charge >= 0.3 is 12.2 Å². The van der Waals surface area contributed by atoms with Gasteiger partial charge in [0.25, 0.3) is 0 Å². The molecule has 14 nitrogen and oxygen atoms in total. The standard InChI is InChI=1S/C46H56N8O6/c1-25(2)39(51-45(57)59-5)43(55)53-19-9-12-37(53)42-48-33-18-17-30(22-34(33)49-42)28-13-14-29-21-31(16-15-27(29)20-28)35-24-47-41(50-35)38-23-32-10-7-8-11-36(32)54(38)44(56)40(26(3)4)52-46(58)60-6/h13-18,20-22,24-26,32,36-40H,7-12,19,23H2,1-6H3,(H,47,50)(H,48,49)(H,51,57)(H,52,58)/t32-,36-,37?,38-,39-,40-/m0/s1. The van der Waals surface area contributed by atoms with Crippen molar-refractivity contribution in [2.45, 2.75) is 103 Å². The largest absolute Gasteiger partial charge is 0.453 e. The number of aromatic nitrogens is 4. The van der Waals surface area contributed by atoms with Crippen LogP contribution in [0, 0.1) is 17.8 Å². The number of likely N-dealkylation sites (tertiary alicyclic amines) is 2. The molecule has 4 heterocycles. The summed E-state index contributed by atoms with van der Waals surface area (Å²) in [7, 11) is 2.61. The van der Waals surface area contributed by atoms with Crippen molar-refractivity contribution in [3.63, 3.8) is 0 Å². The van der Waals surface area contributed by atoms with Crippen LogP contribution >= 0.6 is 0 Å². The van der Waals surface area contributed by atoms with Gasteiger partial charge in [-0.2, -0.15) is 0 Å². The molecule has 2 saturated heterocycles. The Labute approximate surface area is 350 Å². The first-order valence-corrected chi connectivity index (χ1v) is 21.3. The number of nitrogens with zero attached hydrogens (tertiary/aromatic N) is 4. The zero-order chi connectivity index (χ0) is 42.2. The van der Waals surface area contributed by atoms with Gasteiger partial charge in [-0.3, -0.25) is 9.59 Å². The van der Waals surface area contributed by atoms with E-state index in [0.717, 1.165) is 101 Å². The summed E-state index contributed by atoms with van der Waals surface area (Å²) in [5, 5.41) is 7.69. The SMILES string of the molecule is COC(=O)N[C@H](C(=O)N1CCCC1c1nc2ccc(-c3ccc4cc(-c5cnc([C@@H]6C[C@@H]7CCCC[C@@H]7N6C(=O)[C@@H](NC(=O)OC)C(C)C)[nH]5)ccc4c3)cc2[nH]1)C(C)C. The lowest BCUT2D eigenvalue weighted by Crippen LogP contribution is -2.53. The Kier molecular flexibility index (Phi) is 11.6. The molecule has 6 atom stereocenters. The maximum atomic E-state index is 14.2. The molecule has 60 heavy (non-hydrogen) atoms. The van der Waals surface area contributed by atoms with Crippen LogP contribution in [0.1, 0.15) is 96.4 Å². The number of carbonyl (C=O) groups is 4. The third kappa shape index (κ3) is 7.91. The summed E-state index contributed by atoms with van der Waals surface area (Å²) in [6, 6.07) is 17.3. The molecule has 0 radical (unpaired) electrons. The van der Waals surface area contributed by atoms with Crippen LogP contribution in [-0.4, -0.2) is 92.6 Å². The first-order chi connectivity index (χ1) is 28.9. The van der Waals surface area contributed by atoms with E-state index in [0.29, 0.717) is 12.5 Å². The van der Waals surface area contributed by atoms with Crippen LogP contribution in [0.4, 0.5) is 9.59 Å². The number of benzene rings is 3. The predicted octanol–water partition coefficient (Wildman–Crippen LogP) is 8.03. The maximum absolute atomic E-state index is 14.2. The van der Waals surface area contributed by atoms with Crippen LogP contribution in [0.5, 0.6) is 0 Å². The zero-order valence-corrected chi connectivity index (χ0v) is 35.3. The molecule has 0 spiro atoms. The summed E-state index contributed by atoms with van der Waals surface area (Å²) in [4.78, 5) is 72.9. The minimum atomic E-state index is -0.693. The van der Waals surface area contributed by atoms with Crippen LogP contribution in [0.15, 0.2) is 60.8 Å². The van der Waals surface area contributed by atoms with Gasteiger partial charge in [0, 0.05) is 18.2 Å². The summed E-state index contributed by atoms with van der Waals surface area (Å²) >= 11 is 0. The van der Waals surface area contributed by atoms with Gasteiger partial charge in [0.05, 0.1) is 49.2 Å². The minimum absolute atomic E-state index is 0.0834. The number of hydrogen-bond donors (Lipinski definition) is 4. The number of aromatic amines is 2. The van der Waals surface area contributed by atoms with E-state index in [9.17, 15) is 19.2 Å². The monoisotopic (exact) mass is 816 g/mol. The smallest absolute Gasteiger partial charge is 0.407 e. The van der Waals surface area contributed by atoms with Gasteiger partial charge in [0.2, 0.25) is 11.8 Å². The summed E-state index contributed by atoms with van der Waals surface area (Å²) in [6.07, 6.45) is 7.37. The molecule has 0 bridgehead atoms. The van der Waals surface area contributed by atoms with Crippen LogP contribution in [0.2, 0.25) is 0 Å². The fraction of sp³-hybridized carbons (Fsp3) is 0.478. The van der Waals surface area contributed by atoms with E-state index in [1.165, 1.54) is 14.2 Å². The van der Waals surface area contributed by atoms with Crippen molar-refractivity contribution >= 4 is 45.8 Å². The summed E-state index contributed by atoms with van der Waals surface area (Å²) in [6.45, 7) is 8.29. The van der Waals surface area contributed by atoms with E-state index >= 15 is 0 Å². The van der Waals surface area contributed by atoms with E-state index in [1.807, 2.05) is 49.8 Å². The second-order valence-corrected chi connectivity index (χ2v) is 17.3. The van der Waals surface area contributed by atoms with Crippen LogP contribution < -0.4 is 10.6 Å². The second-order valence-electron chi connectivity index (χ2n) is 17.3. The first kappa shape index (κ1) is 40.8. The van der Waals surface area contributed by atoms with Crippen molar-refractivity contribution in [3.05, 3.63) is 72.4 Å². The summed E-state index contributed by atoms with van der Waals surface area (Å²) < 4.78 is 9.66. The van der Waals surface area contributed by atoms with Gasteiger partial charge in [0.15, 0.2) is 0 Å². The third-order valence-electron chi connectivity index (χ3n) is 12.9. The number of nitrogens with one attached hydrogen (secondary N) is 4. The molecule has 3 aromatic carbocycles. The van der Waals surface area contributed by atoms with Gasteiger partial charge in [-0.15, -0.1) is 0 Å². The number of amides is 4. The van der Waals surface area contributed by atoms with Gasteiger partial charge in [-0.05, 0) is 96.0 Å². The molecule has 1 aliphatic carbocycles. The Morgan fingerprint density at radius 2 is 1.35 bits per heavy atom. The van der Waals surface area contributed by atoms with E-state index in [4.69, 9.17) is 19.4 Å². The van der Waals surface area contributed by atoms with E-state index in [1.54, 1.807) is 0 Å². The van der Waals surface area contributed by atoms with Crippen molar-refractivity contribution in [2.24, 2.45) is 17.8 Å². The Bertz CT molecular complexity index is 2400. The Hall–Kier alpha value is -5.92. The molecule has 2 aliphatic heterocycles. The predicted molar refractivity (Wildman–Crippen MR) is 229 cm³/mol. The van der Waals surface area contributed by atoms with Crippen LogP contribution in [-0.2, 0) is 19.1 Å². The van der Waals surface area contributed by atoms with E-state index in [-0.39, 0.29) is 41.8 Å². The van der Waals surface area contributed by atoms with E-state index < -0.39 is 24.3 Å². The maximum Gasteiger partial charge on any atom is 0.407 e. The number of fused-ring (bicyclic) bond motifs is 3. The molecule has 8 rings (SSSR count). The average molecular weight is 817 g/mol. The molecular weight excluding hydrogens is 761 g/mol. The van der Waals surface area contributed by atoms with E-state index in [2.05, 4.69) is 69.1 Å². The highest BCUT2D eigenvalue weighted by Crippen LogP contribution is 2.46. The molecule has 1 unspecified atom stereocenters. The molecule has 316 valence electrons. The third-order valence-corrected chi connectivity index (χ3v) is 12.9. The molecule has 4 N–H and O–H groups in total. The number of methoxy groups -OCH3 is 2. The average Bonchev–Trinajstić information content (AvgIpc) is 4.08. The molecule has 14 heteroatoms. The first-order valence-electron chi connectivity index (χ1n) is 21.3. The second kappa shape index (κ2) is 17.0. The minimum Gasteiger partial charge on any atom is -0.453 e. The molecular formula is C46H56N8O6. The van der Waals surface area contributed by atoms with Crippen molar-refractivity contribution < 1.29 is 28.7 Å². The van der Waals surface area contributed by atoms with Crippen molar-refractivity contribution in [2.75, 3.05) is 20.8 Å². The number of alkyl carbamates (subject to hydrolysis) is 2. The topological polar surface area (TPSA) is 175 Å². The summed E-state index contributed by atoms with van der Waals surface area (Å²) in [5.74, 6) is 1.46. The van der Waals surface area contributed by atoms with Crippen molar-refractivity contribution in [1.29, 1.82) is 0 Å². The zero-order valence-electron chi connectivity index (χ0n) is 35.3. The molecule has 5 aromatic rings. The summed E-state index contributed by atoms with van der Waals surface area (Å²) in [5.41, 5.74) is 5.71. The quantitative estimate of drug-likeness (QED) is 0.110. The lowest BCUT2D eigenvalue weighted by atomic mass is 9.84. The van der Waals surface area contributed by atoms with Crippen LogP contribution in [0.3, 0.4) is 0 Å². The van der Waals surface area contributed by atoms with Gasteiger partial charge in [-0.25, -0.2) is 19.6 Å². The normalized spacial score (nSPS) is 21.3. The Morgan fingerprint density at radius 1 is 0.717 bits per heavy atom. The Morgan fingerprint density at radius 3 is 2.05 bits per heavy atom. The molecule has 3 aliphatic rings. The van der Waals surface area contributed by atoms with Gasteiger partial charge in [-0.1, -0.05) is 70.9 Å². The number of hydrogen-bond acceptors (Lipinski definition) is 8. The van der Waals surface area contributed by atoms with Gasteiger partial charge < -0.3 is 39.9 Å². The number of imidazole rings is 2. The number of ether oxygens (including phenoxy) is 2. The molecule has 3 fully saturated rings. The van der Waals surface area contributed by atoms with Gasteiger partial charge in [0.1, 0.15) is 23.7 Å². The lowest BCUT2D eigenvalue weighted by molar-refractivity contribution is -0.138. The molecule has 2 aromatic heterocycles. The van der Waals surface area contributed by atoms with Crippen molar-refractivity contribution in [3.8, 4) is 22.4 Å². The number of carbonyl (C=O) groups excluding carboxylic acids is 4. The fourth-order valence-electron chi connectivity index (χ4n) is 9.69. The Balaban J connectivity index is 1.01. The highest BCUT2D eigenvalue weighted by molar-refractivity contribution is 5.92. The lowest BCUT2D eigenvalue weighted by Gasteiger charge is -2.36. The number of rotatable bonds is 10. The fourth-order valence-corrected chi connectivity index (χ4v) is 9.69. The number of H-pyrrole nitrogens is 2.